The third-order valence-corrected chi connectivity index (χ3v) is 3.26. The number of benzene rings is 1. The second-order valence-corrected chi connectivity index (χ2v) is 4.84. The lowest BCUT2D eigenvalue weighted by molar-refractivity contribution is -0.384. The minimum Gasteiger partial charge on any atom is -0.507 e. The summed E-state index contributed by atoms with van der Waals surface area (Å²) in [6.07, 6.45) is 1.06. The van der Waals surface area contributed by atoms with Crippen LogP contribution in [0, 0.1) is 15.2 Å². The molecule has 0 atom stereocenters. The Bertz CT molecular complexity index is 729. The first-order valence-electron chi connectivity index (χ1n) is 5.53. The number of carbonyl (C=O) groups excluding carboxylic acids is 1. The van der Waals surface area contributed by atoms with Gasteiger partial charge < -0.3 is 5.11 Å². The summed E-state index contributed by atoms with van der Waals surface area (Å²) < 4.78 is 12.8. The molecule has 1 aromatic heterocycles. The minimum atomic E-state index is -0.621. The molecule has 9 heteroatoms. The van der Waals surface area contributed by atoms with Gasteiger partial charge in [-0.05, 0) is 18.2 Å². The summed E-state index contributed by atoms with van der Waals surface area (Å²) in [4.78, 5) is 21.7. The molecule has 0 saturated heterocycles. The molecular weight excluding hydrogens is 301 g/mol. The van der Waals surface area contributed by atoms with Gasteiger partial charge in [0, 0.05) is 17.7 Å². The summed E-state index contributed by atoms with van der Waals surface area (Å²) in [7, 11) is 0. The number of nitro groups is 1. The zero-order valence-corrected chi connectivity index (χ0v) is 11.1. The number of halogens is 1. The molecule has 2 aromatic rings. The van der Waals surface area contributed by atoms with Gasteiger partial charge in [-0.1, -0.05) is 0 Å². The van der Waals surface area contributed by atoms with Gasteiger partial charge in [0.05, 0.1) is 16.0 Å². The van der Waals surface area contributed by atoms with Crippen LogP contribution in [0.25, 0.3) is 0 Å². The molecular formula is C12H8FN3O4S. The van der Waals surface area contributed by atoms with Crippen LogP contribution in [0.3, 0.4) is 0 Å². The van der Waals surface area contributed by atoms with Crippen molar-refractivity contribution in [2.75, 3.05) is 0 Å². The van der Waals surface area contributed by atoms with Crippen LogP contribution in [-0.2, 0) is 0 Å². The van der Waals surface area contributed by atoms with Gasteiger partial charge in [0.15, 0.2) is 5.13 Å². The fraction of sp³-hybridized carbons (Fsp3) is 0. The second kappa shape index (κ2) is 6.09. The fourth-order valence-electron chi connectivity index (χ4n) is 1.41. The minimum absolute atomic E-state index is 0.0712. The highest BCUT2D eigenvalue weighted by atomic mass is 32.1. The molecule has 1 heterocycles. The first kappa shape index (κ1) is 14.6. The number of non-ortho nitro benzene ring substituents is 1. The lowest BCUT2D eigenvalue weighted by atomic mass is 10.2. The van der Waals surface area contributed by atoms with E-state index < -0.39 is 16.0 Å². The van der Waals surface area contributed by atoms with E-state index in [2.05, 4.69) is 10.5 Å². The Hall–Kier alpha value is -2.81. The van der Waals surface area contributed by atoms with Crippen molar-refractivity contribution in [2.45, 2.75) is 0 Å². The van der Waals surface area contributed by atoms with Crippen LogP contribution >= 0.6 is 11.3 Å². The van der Waals surface area contributed by atoms with E-state index >= 15 is 0 Å². The van der Waals surface area contributed by atoms with Crippen molar-refractivity contribution in [3.8, 4) is 5.75 Å². The van der Waals surface area contributed by atoms with E-state index in [1.165, 1.54) is 6.07 Å². The highest BCUT2D eigenvalue weighted by Crippen LogP contribution is 2.21. The molecule has 0 unspecified atom stereocenters. The molecule has 108 valence electrons. The number of hydrazone groups is 1. The van der Waals surface area contributed by atoms with E-state index in [4.69, 9.17) is 0 Å². The molecule has 0 spiro atoms. The monoisotopic (exact) mass is 309 g/mol. The number of thiophene rings is 1. The molecule has 7 nitrogen and oxygen atoms in total. The van der Waals surface area contributed by atoms with Crippen LogP contribution in [0.5, 0.6) is 5.75 Å². The zero-order chi connectivity index (χ0) is 15.4. The van der Waals surface area contributed by atoms with Crippen LogP contribution in [-0.4, -0.2) is 22.2 Å². The van der Waals surface area contributed by atoms with Crippen molar-refractivity contribution in [2.24, 2.45) is 5.10 Å². The van der Waals surface area contributed by atoms with E-state index in [0.717, 1.165) is 30.5 Å². The molecule has 0 aliphatic heterocycles. The number of rotatable bonds is 4. The Labute approximate surface area is 121 Å². The van der Waals surface area contributed by atoms with Gasteiger partial charge in [0.2, 0.25) is 0 Å². The molecule has 0 radical (unpaired) electrons. The van der Waals surface area contributed by atoms with Gasteiger partial charge in [0.1, 0.15) is 5.75 Å². The van der Waals surface area contributed by atoms with E-state index in [-0.39, 0.29) is 21.9 Å². The highest BCUT2D eigenvalue weighted by Gasteiger charge is 2.10. The van der Waals surface area contributed by atoms with Crippen molar-refractivity contribution in [3.05, 3.63) is 56.0 Å². The Morgan fingerprint density at radius 1 is 1.43 bits per heavy atom. The largest absolute Gasteiger partial charge is 0.507 e. The summed E-state index contributed by atoms with van der Waals surface area (Å²) in [6, 6.07) is 5.84. The number of phenols is 1. The number of nitrogens with zero attached hydrogens (tertiary/aromatic N) is 2. The van der Waals surface area contributed by atoms with E-state index in [1.54, 1.807) is 0 Å². The maximum atomic E-state index is 12.8. The van der Waals surface area contributed by atoms with Gasteiger partial charge in [0.25, 0.3) is 11.6 Å². The van der Waals surface area contributed by atoms with Gasteiger partial charge >= 0.3 is 0 Å². The quantitative estimate of drug-likeness (QED) is 0.513. The van der Waals surface area contributed by atoms with Crippen molar-refractivity contribution >= 4 is 29.1 Å². The highest BCUT2D eigenvalue weighted by molar-refractivity contribution is 7.12. The number of hydrogen-bond acceptors (Lipinski definition) is 6. The Morgan fingerprint density at radius 2 is 2.19 bits per heavy atom. The number of aromatic hydroxyl groups is 1. The predicted molar refractivity (Wildman–Crippen MR) is 74.1 cm³/mol. The van der Waals surface area contributed by atoms with Gasteiger partial charge in [-0.25, -0.2) is 5.43 Å². The first-order valence-corrected chi connectivity index (χ1v) is 6.35. The molecule has 1 aromatic carbocycles. The van der Waals surface area contributed by atoms with Crippen LogP contribution in [0.4, 0.5) is 10.1 Å². The molecule has 2 N–H and O–H groups in total. The smallest absolute Gasteiger partial charge is 0.281 e. The van der Waals surface area contributed by atoms with Crippen LogP contribution in [0.1, 0.15) is 15.2 Å². The topological polar surface area (TPSA) is 105 Å². The lowest BCUT2D eigenvalue weighted by Crippen LogP contribution is -2.16. The van der Waals surface area contributed by atoms with Gasteiger partial charge in [-0.2, -0.15) is 9.49 Å². The Balaban J connectivity index is 2.09. The van der Waals surface area contributed by atoms with E-state index in [1.807, 2.05) is 0 Å². The molecule has 0 aliphatic rings. The summed E-state index contributed by atoms with van der Waals surface area (Å²) >= 11 is 0.660. The standard InChI is InChI=1S/C12H8FN3O4S/c13-11-4-3-10(21-11)12(18)15-14-6-7-5-8(16(19)20)1-2-9(7)17/h1-6,17H,(H,15,18)/b14-6+. The maximum absolute atomic E-state index is 12.8. The van der Waals surface area contributed by atoms with Crippen LogP contribution < -0.4 is 5.43 Å². The third kappa shape index (κ3) is 3.60. The van der Waals surface area contributed by atoms with Gasteiger partial charge in [-0.3, -0.25) is 14.9 Å². The van der Waals surface area contributed by atoms with Crippen molar-refractivity contribution in [1.29, 1.82) is 0 Å². The number of carbonyl (C=O) groups is 1. The van der Waals surface area contributed by atoms with Gasteiger partial charge in [-0.15, -0.1) is 11.3 Å². The molecule has 0 bridgehead atoms. The fourth-order valence-corrected chi connectivity index (χ4v) is 2.03. The summed E-state index contributed by atoms with van der Waals surface area (Å²) in [5.41, 5.74) is 1.98. The molecule has 2 rings (SSSR count). The average Bonchev–Trinajstić information content (AvgIpc) is 2.87. The summed E-state index contributed by atoms with van der Waals surface area (Å²) in [6.45, 7) is 0. The van der Waals surface area contributed by atoms with Crippen molar-refractivity contribution < 1.29 is 19.2 Å². The Kier molecular flexibility index (Phi) is 4.24. The van der Waals surface area contributed by atoms with Crippen molar-refractivity contribution in [1.82, 2.24) is 5.43 Å². The first-order chi connectivity index (χ1) is 9.97. The summed E-state index contributed by atoms with van der Waals surface area (Å²) in [5.74, 6) is -0.842. The maximum Gasteiger partial charge on any atom is 0.281 e. The number of hydrogen-bond donors (Lipinski definition) is 2. The van der Waals surface area contributed by atoms with Crippen LogP contribution in [0.2, 0.25) is 0 Å². The Morgan fingerprint density at radius 3 is 2.81 bits per heavy atom. The number of amides is 1. The number of nitrogens with one attached hydrogen (secondary N) is 1. The molecule has 21 heavy (non-hydrogen) atoms. The molecule has 0 fully saturated rings. The third-order valence-electron chi connectivity index (χ3n) is 2.39. The lowest BCUT2D eigenvalue weighted by Gasteiger charge is -1.99. The molecule has 0 aliphatic carbocycles. The molecule has 0 saturated carbocycles. The second-order valence-electron chi connectivity index (χ2n) is 3.80. The molecule has 1 amide bonds. The van der Waals surface area contributed by atoms with E-state index in [0.29, 0.717) is 11.3 Å². The number of phenolic OH excluding ortho intramolecular Hbond substituents is 1. The summed E-state index contributed by atoms with van der Waals surface area (Å²) in [5, 5.41) is 23.2. The predicted octanol–water partition coefficient (Wildman–Crippen LogP) is 2.26. The van der Waals surface area contributed by atoms with E-state index in [9.17, 15) is 24.4 Å². The van der Waals surface area contributed by atoms with Crippen molar-refractivity contribution in [3.63, 3.8) is 0 Å². The zero-order valence-electron chi connectivity index (χ0n) is 10.3. The van der Waals surface area contributed by atoms with Crippen LogP contribution in [0.15, 0.2) is 35.4 Å². The SMILES string of the molecule is O=C(N/N=C/c1cc([N+](=O)[O-])ccc1O)c1ccc(F)s1. The number of nitro benzene ring substituents is 1. The normalized spacial score (nSPS) is 10.7. The average molecular weight is 309 g/mol.